The van der Waals surface area contributed by atoms with Gasteiger partial charge in [0.2, 0.25) is 0 Å². The van der Waals surface area contributed by atoms with Crippen LogP contribution in [0.4, 0.5) is 0 Å². The molecule has 0 spiro atoms. The zero-order chi connectivity index (χ0) is 29.0. The Morgan fingerprint density at radius 1 is 0.762 bits per heavy atom. The molecule has 3 unspecified atom stereocenters. The highest BCUT2D eigenvalue weighted by molar-refractivity contribution is 5.73. The summed E-state index contributed by atoms with van der Waals surface area (Å²) in [7, 11) is 0. The highest BCUT2D eigenvalue weighted by Crippen LogP contribution is 2.31. The first kappa shape index (κ1) is 29.7. The average Bonchev–Trinajstić information content (AvgIpc) is 3.86. The molecule has 0 radical (unpaired) electrons. The summed E-state index contributed by atoms with van der Waals surface area (Å²) in [6.45, 7) is 4.96. The summed E-state index contributed by atoms with van der Waals surface area (Å²) < 4.78 is 0. The van der Waals surface area contributed by atoms with Gasteiger partial charge in [0.15, 0.2) is 0 Å². The van der Waals surface area contributed by atoms with Crippen molar-refractivity contribution in [2.24, 2.45) is 0 Å². The molecule has 2 aromatic heterocycles. The van der Waals surface area contributed by atoms with Gasteiger partial charge in [-0.3, -0.25) is 14.6 Å². The van der Waals surface area contributed by atoms with Gasteiger partial charge in [-0.1, -0.05) is 60.7 Å². The molecule has 3 aliphatic rings. The van der Waals surface area contributed by atoms with Crippen molar-refractivity contribution in [3.8, 4) is 0 Å². The Kier molecular flexibility index (Phi) is 10.9. The van der Waals surface area contributed by atoms with Crippen LogP contribution >= 0.6 is 0 Å². The minimum absolute atomic E-state index is 0.287. The Labute approximate surface area is 248 Å². The van der Waals surface area contributed by atoms with E-state index in [1.54, 1.807) is 6.20 Å². The van der Waals surface area contributed by atoms with E-state index < -0.39 is 5.97 Å². The van der Waals surface area contributed by atoms with Gasteiger partial charge in [0, 0.05) is 37.9 Å². The highest BCUT2D eigenvalue weighted by atomic mass is 16.4. The Balaban J connectivity index is 0.000000130. The molecular weight excluding hydrogens is 526 g/mol. The molecule has 4 N–H and O–H groups in total. The lowest BCUT2D eigenvalue weighted by molar-refractivity contribution is -0.142. The third kappa shape index (κ3) is 8.38. The number of imidazole rings is 2. The number of aliphatic carboxylic acids is 1. The Morgan fingerprint density at radius 3 is 1.93 bits per heavy atom. The van der Waals surface area contributed by atoms with Crippen molar-refractivity contribution in [2.75, 3.05) is 19.6 Å². The smallest absolute Gasteiger partial charge is 0.320 e. The number of rotatable bonds is 7. The number of likely N-dealkylation sites (tertiary alicyclic amines) is 2. The molecule has 0 bridgehead atoms. The maximum atomic E-state index is 11.0. The minimum Gasteiger partial charge on any atom is -0.480 e. The number of carboxylic acids is 1. The summed E-state index contributed by atoms with van der Waals surface area (Å²) >= 11 is 0. The molecule has 3 saturated heterocycles. The molecule has 42 heavy (non-hydrogen) atoms. The predicted molar refractivity (Wildman–Crippen MR) is 163 cm³/mol. The Morgan fingerprint density at radius 2 is 1.36 bits per heavy atom. The monoisotopic (exact) mass is 569 g/mol. The van der Waals surface area contributed by atoms with Crippen molar-refractivity contribution in [3.63, 3.8) is 0 Å². The summed E-state index contributed by atoms with van der Waals surface area (Å²) in [5, 5.41) is 12.4. The second-order valence-corrected chi connectivity index (χ2v) is 11.2. The van der Waals surface area contributed by atoms with E-state index in [9.17, 15) is 4.79 Å². The third-order valence-corrected chi connectivity index (χ3v) is 8.21. The van der Waals surface area contributed by atoms with Gasteiger partial charge < -0.3 is 20.4 Å². The largest absolute Gasteiger partial charge is 0.480 e. The molecular formula is C33H43N7O2. The highest BCUT2D eigenvalue weighted by Gasteiger charge is 2.30. The number of aromatic nitrogens is 4. The van der Waals surface area contributed by atoms with Gasteiger partial charge in [0.1, 0.15) is 17.7 Å². The van der Waals surface area contributed by atoms with Crippen LogP contribution in [-0.2, 0) is 17.9 Å². The van der Waals surface area contributed by atoms with E-state index in [-0.39, 0.29) is 6.04 Å². The molecule has 5 heterocycles. The molecule has 0 saturated carbocycles. The van der Waals surface area contributed by atoms with Crippen molar-refractivity contribution in [1.29, 1.82) is 0 Å². The van der Waals surface area contributed by atoms with Crippen LogP contribution in [0.1, 0.15) is 73.4 Å². The van der Waals surface area contributed by atoms with E-state index in [2.05, 4.69) is 60.5 Å². The van der Waals surface area contributed by atoms with E-state index in [1.165, 1.54) is 43.4 Å². The summed E-state index contributed by atoms with van der Waals surface area (Å²) in [6.07, 6.45) is 14.1. The summed E-state index contributed by atoms with van der Waals surface area (Å²) in [4.78, 5) is 30.4. The van der Waals surface area contributed by atoms with Crippen molar-refractivity contribution in [1.82, 2.24) is 35.1 Å². The number of hydrogen-bond acceptors (Lipinski definition) is 6. The average molecular weight is 570 g/mol. The molecule has 2 aromatic carbocycles. The Bertz CT molecular complexity index is 1290. The lowest BCUT2D eigenvalue weighted by Gasteiger charge is -2.22. The van der Waals surface area contributed by atoms with Crippen LogP contribution in [0.5, 0.6) is 0 Å². The van der Waals surface area contributed by atoms with Gasteiger partial charge in [-0.25, -0.2) is 9.97 Å². The third-order valence-electron chi connectivity index (χ3n) is 8.21. The van der Waals surface area contributed by atoms with Crippen LogP contribution in [0.25, 0.3) is 0 Å². The van der Waals surface area contributed by atoms with Crippen LogP contribution in [0.2, 0.25) is 0 Å². The van der Waals surface area contributed by atoms with E-state index in [4.69, 9.17) is 5.11 Å². The lowest BCUT2D eigenvalue weighted by Crippen LogP contribution is -2.35. The first-order valence-corrected chi connectivity index (χ1v) is 15.2. The van der Waals surface area contributed by atoms with Crippen LogP contribution in [0, 0.1) is 0 Å². The van der Waals surface area contributed by atoms with E-state index in [0.29, 0.717) is 12.1 Å². The molecule has 9 heteroatoms. The number of aromatic amines is 2. The maximum absolute atomic E-state index is 11.0. The van der Waals surface area contributed by atoms with Crippen LogP contribution in [0.3, 0.4) is 0 Å². The number of benzene rings is 2. The fourth-order valence-corrected chi connectivity index (χ4v) is 6.10. The quantitative estimate of drug-likeness (QED) is 0.238. The fourth-order valence-electron chi connectivity index (χ4n) is 6.10. The summed E-state index contributed by atoms with van der Waals surface area (Å²) in [6, 6.07) is 21.3. The zero-order valence-corrected chi connectivity index (χ0v) is 24.2. The molecule has 0 aliphatic carbocycles. The van der Waals surface area contributed by atoms with E-state index >= 15 is 0 Å². The predicted octanol–water partition coefficient (Wildman–Crippen LogP) is 5.32. The molecule has 222 valence electrons. The number of carboxylic acid groups (broad SMARTS) is 1. The van der Waals surface area contributed by atoms with Crippen molar-refractivity contribution >= 4 is 5.97 Å². The SMILES string of the molecule is O=C(O)C1CCCN1Cc1ccccc1.c1c[nH]c(C2CCCN2)n1.c1ccc(CN2CCCC2c2ncc[nH]2)cc1. The maximum Gasteiger partial charge on any atom is 0.320 e. The van der Waals surface area contributed by atoms with Crippen LogP contribution in [-0.4, -0.2) is 66.5 Å². The molecule has 0 amide bonds. The molecule has 3 fully saturated rings. The molecule has 3 aliphatic heterocycles. The van der Waals surface area contributed by atoms with Crippen molar-refractivity contribution in [3.05, 3.63) is 108 Å². The van der Waals surface area contributed by atoms with Gasteiger partial charge in [-0.2, -0.15) is 0 Å². The van der Waals surface area contributed by atoms with Gasteiger partial charge in [0.05, 0.1) is 12.1 Å². The lowest BCUT2D eigenvalue weighted by atomic mass is 10.2. The number of nitrogens with one attached hydrogen (secondary N) is 3. The zero-order valence-electron chi connectivity index (χ0n) is 24.2. The summed E-state index contributed by atoms with van der Waals surface area (Å²) in [5.41, 5.74) is 2.57. The standard InChI is InChI=1S/C14H17N3.C12H15NO2.C7H11N3/c1-2-5-12(6-3-1)11-17-10-4-7-13(17)14-15-8-9-16-14;14-12(15)11-7-4-8-13(11)9-10-5-2-1-3-6-10;1-2-6(8-3-1)7-9-4-5-10-7/h1-3,5-6,8-9,13H,4,7,10-11H2,(H,15,16);1-3,5-6,11H,4,7-9H2,(H,14,15);4-6,8H,1-3H2,(H,9,10). The second kappa shape index (κ2) is 15.4. The van der Waals surface area contributed by atoms with Gasteiger partial charge in [-0.15, -0.1) is 0 Å². The molecule has 9 nitrogen and oxygen atoms in total. The molecule has 4 aromatic rings. The topological polar surface area (TPSA) is 113 Å². The van der Waals surface area contributed by atoms with Crippen molar-refractivity contribution in [2.45, 2.75) is 69.7 Å². The number of hydrogen-bond donors (Lipinski definition) is 4. The second-order valence-electron chi connectivity index (χ2n) is 11.2. The van der Waals surface area contributed by atoms with Crippen LogP contribution < -0.4 is 5.32 Å². The number of nitrogens with zero attached hydrogens (tertiary/aromatic N) is 4. The minimum atomic E-state index is -0.691. The number of H-pyrrole nitrogens is 2. The van der Waals surface area contributed by atoms with Gasteiger partial charge in [0.25, 0.3) is 0 Å². The summed E-state index contributed by atoms with van der Waals surface area (Å²) in [5.74, 6) is 1.50. The first-order chi connectivity index (χ1) is 20.7. The van der Waals surface area contributed by atoms with E-state index in [1.807, 2.05) is 53.8 Å². The first-order valence-electron chi connectivity index (χ1n) is 15.2. The van der Waals surface area contributed by atoms with Gasteiger partial charge in [-0.05, 0) is 69.3 Å². The van der Waals surface area contributed by atoms with Gasteiger partial charge >= 0.3 is 5.97 Å². The normalized spacial score (nSPS) is 22.2. The Hall–Kier alpha value is -3.79. The van der Waals surface area contributed by atoms with Crippen LogP contribution in [0.15, 0.2) is 85.5 Å². The van der Waals surface area contributed by atoms with E-state index in [0.717, 1.165) is 50.7 Å². The number of carbonyl (C=O) groups is 1. The fraction of sp³-hybridized carbons (Fsp3) is 0.424. The molecule has 3 atom stereocenters. The van der Waals surface area contributed by atoms with Crippen molar-refractivity contribution < 1.29 is 9.90 Å². The molecule has 7 rings (SSSR count).